The number of aryl methyl sites for hydroxylation is 1. The highest BCUT2D eigenvalue weighted by Crippen LogP contribution is 2.14. The third-order valence-corrected chi connectivity index (χ3v) is 1.85. The van der Waals surface area contributed by atoms with E-state index in [-0.39, 0.29) is 11.7 Å². The standard InChI is InChI=1S/C10H14N2O/c1-6(2)9(13)8-4-7(3)5-12-10(8)11/h4-6H,1-3H3,(H2,11,12). The molecular formula is C10H14N2O. The summed E-state index contributed by atoms with van der Waals surface area (Å²) in [5.41, 5.74) is 7.09. The van der Waals surface area contributed by atoms with Crippen molar-refractivity contribution in [1.82, 2.24) is 4.98 Å². The highest BCUT2D eigenvalue weighted by atomic mass is 16.1. The summed E-state index contributed by atoms with van der Waals surface area (Å²) >= 11 is 0. The van der Waals surface area contributed by atoms with E-state index in [9.17, 15) is 4.79 Å². The molecule has 1 aromatic heterocycles. The zero-order valence-electron chi connectivity index (χ0n) is 8.16. The average molecular weight is 178 g/mol. The maximum Gasteiger partial charge on any atom is 0.169 e. The van der Waals surface area contributed by atoms with Gasteiger partial charge in [-0.05, 0) is 18.6 Å². The normalized spacial score (nSPS) is 10.5. The number of anilines is 1. The van der Waals surface area contributed by atoms with Crippen LogP contribution < -0.4 is 5.73 Å². The molecule has 0 saturated carbocycles. The maximum atomic E-state index is 11.6. The number of carbonyl (C=O) groups excluding carboxylic acids is 1. The minimum absolute atomic E-state index is 0.0362. The molecule has 70 valence electrons. The second kappa shape index (κ2) is 3.56. The number of nitrogens with zero attached hydrogens (tertiary/aromatic N) is 1. The van der Waals surface area contributed by atoms with Crippen molar-refractivity contribution in [3.63, 3.8) is 0 Å². The molecule has 0 aliphatic carbocycles. The zero-order chi connectivity index (χ0) is 10.0. The lowest BCUT2D eigenvalue weighted by atomic mass is 10.0. The Bertz CT molecular complexity index is 332. The fourth-order valence-electron chi connectivity index (χ4n) is 1.09. The van der Waals surface area contributed by atoms with Gasteiger partial charge in [-0.2, -0.15) is 0 Å². The Morgan fingerprint density at radius 1 is 1.54 bits per heavy atom. The van der Waals surface area contributed by atoms with Gasteiger partial charge in [-0.3, -0.25) is 4.79 Å². The Hall–Kier alpha value is -1.38. The molecule has 0 aromatic carbocycles. The van der Waals surface area contributed by atoms with Gasteiger partial charge in [0.1, 0.15) is 5.82 Å². The number of ketones is 1. The first-order valence-corrected chi connectivity index (χ1v) is 4.28. The maximum absolute atomic E-state index is 11.6. The molecule has 1 heterocycles. The van der Waals surface area contributed by atoms with Crippen molar-refractivity contribution in [2.24, 2.45) is 5.92 Å². The summed E-state index contributed by atoms with van der Waals surface area (Å²) < 4.78 is 0. The Kier molecular flexibility index (Phi) is 2.66. The van der Waals surface area contributed by atoms with E-state index in [1.165, 1.54) is 0 Å². The van der Waals surface area contributed by atoms with Crippen molar-refractivity contribution in [2.75, 3.05) is 5.73 Å². The van der Waals surface area contributed by atoms with Crippen molar-refractivity contribution in [3.8, 4) is 0 Å². The third-order valence-electron chi connectivity index (χ3n) is 1.85. The number of rotatable bonds is 2. The molecule has 0 amide bonds. The summed E-state index contributed by atoms with van der Waals surface area (Å²) in [6.45, 7) is 5.60. The molecule has 0 aliphatic heterocycles. The van der Waals surface area contributed by atoms with Crippen LogP contribution in [-0.4, -0.2) is 10.8 Å². The largest absolute Gasteiger partial charge is 0.383 e. The predicted molar refractivity (Wildman–Crippen MR) is 52.6 cm³/mol. The number of hydrogen-bond donors (Lipinski definition) is 1. The monoisotopic (exact) mass is 178 g/mol. The van der Waals surface area contributed by atoms with Gasteiger partial charge >= 0.3 is 0 Å². The van der Waals surface area contributed by atoms with Gasteiger partial charge < -0.3 is 5.73 Å². The molecule has 13 heavy (non-hydrogen) atoms. The first-order chi connectivity index (χ1) is 6.02. The minimum Gasteiger partial charge on any atom is -0.383 e. The molecule has 3 nitrogen and oxygen atoms in total. The van der Waals surface area contributed by atoms with E-state index >= 15 is 0 Å². The van der Waals surface area contributed by atoms with E-state index in [1.54, 1.807) is 12.3 Å². The number of pyridine rings is 1. The van der Waals surface area contributed by atoms with Crippen LogP contribution in [0.4, 0.5) is 5.82 Å². The summed E-state index contributed by atoms with van der Waals surface area (Å²) in [4.78, 5) is 15.5. The number of Topliss-reactive ketones (excluding diaryl/α,β-unsaturated/α-hetero) is 1. The van der Waals surface area contributed by atoms with Crippen LogP contribution in [0.3, 0.4) is 0 Å². The van der Waals surface area contributed by atoms with Crippen molar-refractivity contribution >= 4 is 11.6 Å². The van der Waals surface area contributed by atoms with Crippen LogP contribution >= 0.6 is 0 Å². The number of aromatic nitrogens is 1. The Morgan fingerprint density at radius 2 is 2.15 bits per heavy atom. The molecule has 0 bridgehead atoms. The first kappa shape index (κ1) is 9.71. The van der Waals surface area contributed by atoms with Gasteiger partial charge in [0.15, 0.2) is 5.78 Å². The lowest BCUT2D eigenvalue weighted by Crippen LogP contribution is -2.11. The predicted octanol–water partition coefficient (Wildman–Crippen LogP) is 1.81. The Balaban J connectivity index is 3.13. The number of carbonyl (C=O) groups is 1. The average Bonchev–Trinajstić information content (AvgIpc) is 2.08. The van der Waals surface area contributed by atoms with Crippen LogP contribution in [0.1, 0.15) is 29.8 Å². The van der Waals surface area contributed by atoms with Gasteiger partial charge in [-0.1, -0.05) is 13.8 Å². The zero-order valence-corrected chi connectivity index (χ0v) is 8.16. The molecule has 0 fully saturated rings. The van der Waals surface area contributed by atoms with Crippen LogP contribution in [0, 0.1) is 12.8 Å². The summed E-state index contributed by atoms with van der Waals surface area (Å²) in [6.07, 6.45) is 1.66. The molecular weight excluding hydrogens is 164 g/mol. The second-order valence-corrected chi connectivity index (χ2v) is 3.46. The minimum atomic E-state index is -0.0362. The van der Waals surface area contributed by atoms with E-state index in [0.717, 1.165) is 5.56 Å². The second-order valence-electron chi connectivity index (χ2n) is 3.46. The van der Waals surface area contributed by atoms with Crippen molar-refractivity contribution in [3.05, 3.63) is 23.4 Å². The molecule has 2 N–H and O–H groups in total. The molecule has 3 heteroatoms. The summed E-state index contributed by atoms with van der Waals surface area (Å²) in [5, 5.41) is 0. The smallest absolute Gasteiger partial charge is 0.169 e. The van der Waals surface area contributed by atoms with Gasteiger partial charge in [0, 0.05) is 12.1 Å². The quantitative estimate of drug-likeness (QED) is 0.703. The van der Waals surface area contributed by atoms with Gasteiger partial charge in [-0.25, -0.2) is 4.98 Å². The van der Waals surface area contributed by atoms with E-state index in [2.05, 4.69) is 4.98 Å². The van der Waals surface area contributed by atoms with Crippen LogP contribution in [0.15, 0.2) is 12.3 Å². The highest BCUT2D eigenvalue weighted by Gasteiger charge is 2.14. The van der Waals surface area contributed by atoms with Crippen LogP contribution in [-0.2, 0) is 0 Å². The molecule has 0 spiro atoms. The van der Waals surface area contributed by atoms with Gasteiger partial charge in [0.25, 0.3) is 0 Å². The van der Waals surface area contributed by atoms with Gasteiger partial charge in [0.2, 0.25) is 0 Å². The van der Waals surface area contributed by atoms with Crippen LogP contribution in [0.25, 0.3) is 0 Å². The first-order valence-electron chi connectivity index (χ1n) is 4.28. The fourth-order valence-corrected chi connectivity index (χ4v) is 1.09. The van der Waals surface area contributed by atoms with Crippen molar-refractivity contribution in [1.29, 1.82) is 0 Å². The fraction of sp³-hybridized carbons (Fsp3) is 0.400. The lowest BCUT2D eigenvalue weighted by Gasteiger charge is -2.06. The van der Waals surface area contributed by atoms with Crippen molar-refractivity contribution in [2.45, 2.75) is 20.8 Å². The topological polar surface area (TPSA) is 56.0 Å². The molecule has 0 saturated heterocycles. The number of nitrogens with two attached hydrogens (primary N) is 1. The van der Waals surface area contributed by atoms with E-state index in [0.29, 0.717) is 11.4 Å². The van der Waals surface area contributed by atoms with Gasteiger partial charge in [0.05, 0.1) is 5.56 Å². The highest BCUT2D eigenvalue weighted by molar-refractivity contribution is 6.01. The summed E-state index contributed by atoms with van der Waals surface area (Å²) in [6, 6.07) is 1.78. The SMILES string of the molecule is Cc1cnc(N)c(C(=O)C(C)C)c1. The summed E-state index contributed by atoms with van der Waals surface area (Å²) in [7, 11) is 0. The number of nitrogen functional groups attached to an aromatic ring is 1. The summed E-state index contributed by atoms with van der Waals surface area (Å²) in [5.74, 6) is 0.337. The van der Waals surface area contributed by atoms with Crippen LogP contribution in [0.2, 0.25) is 0 Å². The Labute approximate surface area is 78.0 Å². The van der Waals surface area contributed by atoms with Crippen LogP contribution in [0.5, 0.6) is 0 Å². The van der Waals surface area contributed by atoms with Crippen molar-refractivity contribution < 1.29 is 4.79 Å². The third kappa shape index (κ3) is 2.05. The number of hydrogen-bond acceptors (Lipinski definition) is 3. The molecule has 0 atom stereocenters. The molecule has 0 unspecified atom stereocenters. The molecule has 0 aliphatic rings. The van der Waals surface area contributed by atoms with E-state index in [4.69, 9.17) is 5.73 Å². The lowest BCUT2D eigenvalue weighted by molar-refractivity contribution is 0.0940. The molecule has 1 aromatic rings. The molecule has 0 radical (unpaired) electrons. The van der Waals surface area contributed by atoms with Gasteiger partial charge in [-0.15, -0.1) is 0 Å². The Morgan fingerprint density at radius 3 is 2.69 bits per heavy atom. The van der Waals surface area contributed by atoms with E-state index in [1.807, 2.05) is 20.8 Å². The van der Waals surface area contributed by atoms with E-state index < -0.39 is 0 Å². The molecule has 1 rings (SSSR count).